The van der Waals surface area contributed by atoms with Gasteiger partial charge in [-0.1, -0.05) is 0 Å². The molecule has 2 aromatic rings. The number of carbonyl (C=O) groups excluding carboxylic acids is 1. The lowest BCUT2D eigenvalue weighted by Crippen LogP contribution is -2.38. The van der Waals surface area contributed by atoms with E-state index in [1.807, 2.05) is 0 Å². The van der Waals surface area contributed by atoms with Gasteiger partial charge in [-0.3, -0.25) is 5.32 Å². The highest BCUT2D eigenvalue weighted by Gasteiger charge is 2.20. The molecular weight excluding hydrogens is 425 g/mol. The van der Waals surface area contributed by atoms with Crippen molar-refractivity contribution in [1.29, 1.82) is 0 Å². The molecule has 0 aliphatic carbocycles. The maximum Gasteiger partial charge on any atom is 0.320 e. The number of likely N-dealkylation sites (N-methyl/N-ethyl adjacent to an activating group) is 1. The number of rotatable bonds is 8. The van der Waals surface area contributed by atoms with Gasteiger partial charge in [-0.15, -0.1) is 0 Å². The predicted molar refractivity (Wildman–Crippen MR) is 104 cm³/mol. The molecule has 29 heavy (non-hydrogen) atoms. The van der Waals surface area contributed by atoms with Crippen LogP contribution in [0.15, 0.2) is 52.4 Å². The fourth-order valence-electron chi connectivity index (χ4n) is 2.13. The molecule has 158 valence electrons. The van der Waals surface area contributed by atoms with Crippen molar-refractivity contribution in [3.05, 3.63) is 48.4 Å². The van der Waals surface area contributed by atoms with Gasteiger partial charge >= 0.3 is 6.03 Å². The minimum Gasteiger partial charge on any atom is -0.337 e. The van der Waals surface area contributed by atoms with Crippen LogP contribution in [0.2, 0.25) is 0 Å². The summed E-state index contributed by atoms with van der Waals surface area (Å²) in [6, 6.07) is 6.36. The van der Waals surface area contributed by atoms with Crippen molar-refractivity contribution in [2.75, 3.05) is 32.5 Å². The highest BCUT2D eigenvalue weighted by Crippen LogP contribution is 2.14. The van der Waals surface area contributed by atoms with E-state index >= 15 is 0 Å². The Hall–Kier alpha value is -2.61. The van der Waals surface area contributed by atoms with Gasteiger partial charge in [-0.05, 0) is 43.4 Å². The van der Waals surface area contributed by atoms with Gasteiger partial charge in [-0.25, -0.2) is 35.7 Å². The number of aromatic nitrogens is 1. The first-order valence-corrected chi connectivity index (χ1v) is 11.1. The third-order valence-electron chi connectivity index (χ3n) is 3.79. The van der Waals surface area contributed by atoms with Crippen molar-refractivity contribution >= 4 is 31.9 Å². The van der Waals surface area contributed by atoms with Gasteiger partial charge in [0.2, 0.25) is 20.0 Å². The topological polar surface area (TPSA) is 138 Å². The SMILES string of the molecule is CNS(=O)(=O)c1ccc(NC(=O)NCCN(C)S(=O)(=O)c2ccc(F)cc2)nc1. The smallest absolute Gasteiger partial charge is 0.320 e. The van der Waals surface area contributed by atoms with Crippen molar-refractivity contribution in [2.45, 2.75) is 9.79 Å². The lowest BCUT2D eigenvalue weighted by atomic mass is 10.4. The summed E-state index contributed by atoms with van der Waals surface area (Å²) >= 11 is 0. The quantitative estimate of drug-likeness (QED) is 0.543. The summed E-state index contributed by atoms with van der Waals surface area (Å²) in [7, 11) is -4.84. The van der Waals surface area contributed by atoms with E-state index in [2.05, 4.69) is 20.3 Å². The number of nitrogens with one attached hydrogen (secondary N) is 3. The fourth-order valence-corrected chi connectivity index (χ4v) is 3.97. The molecule has 0 saturated heterocycles. The number of hydrogen-bond donors (Lipinski definition) is 3. The average Bonchev–Trinajstić information content (AvgIpc) is 2.68. The van der Waals surface area contributed by atoms with Crippen LogP contribution in [0.3, 0.4) is 0 Å². The van der Waals surface area contributed by atoms with E-state index in [0.29, 0.717) is 0 Å². The van der Waals surface area contributed by atoms with E-state index in [4.69, 9.17) is 0 Å². The third-order valence-corrected chi connectivity index (χ3v) is 7.06. The lowest BCUT2D eigenvalue weighted by Gasteiger charge is -2.17. The second-order valence-electron chi connectivity index (χ2n) is 5.75. The number of amides is 2. The Morgan fingerprint density at radius 2 is 1.69 bits per heavy atom. The Labute approximate surface area is 168 Å². The molecule has 0 bridgehead atoms. The molecule has 2 rings (SSSR count). The Bertz CT molecular complexity index is 1060. The van der Waals surface area contributed by atoms with E-state index in [-0.39, 0.29) is 28.7 Å². The summed E-state index contributed by atoms with van der Waals surface area (Å²) in [4.78, 5) is 15.6. The first kappa shape index (κ1) is 22.7. The molecule has 3 N–H and O–H groups in total. The molecule has 1 aromatic heterocycles. The molecule has 0 radical (unpaired) electrons. The van der Waals surface area contributed by atoms with E-state index in [9.17, 15) is 26.0 Å². The zero-order valence-corrected chi connectivity index (χ0v) is 17.2. The second-order valence-corrected chi connectivity index (χ2v) is 9.68. The summed E-state index contributed by atoms with van der Waals surface area (Å²) in [6.45, 7) is -0.0329. The summed E-state index contributed by atoms with van der Waals surface area (Å²) in [5, 5.41) is 4.87. The molecule has 10 nitrogen and oxygen atoms in total. The van der Waals surface area contributed by atoms with E-state index < -0.39 is 31.9 Å². The summed E-state index contributed by atoms with van der Waals surface area (Å²) < 4.78 is 64.1. The fraction of sp³-hybridized carbons (Fsp3) is 0.250. The van der Waals surface area contributed by atoms with Crippen molar-refractivity contribution in [3.63, 3.8) is 0 Å². The number of halogens is 1. The van der Waals surface area contributed by atoms with Gasteiger partial charge in [0.05, 0.1) is 4.90 Å². The number of benzene rings is 1. The first-order chi connectivity index (χ1) is 13.6. The minimum absolute atomic E-state index is 0.00498. The Kier molecular flexibility index (Phi) is 7.24. The largest absolute Gasteiger partial charge is 0.337 e. The molecule has 2 amide bonds. The number of carbonyl (C=O) groups is 1. The van der Waals surface area contributed by atoms with Gasteiger partial charge in [-0.2, -0.15) is 4.31 Å². The van der Waals surface area contributed by atoms with Crippen LogP contribution in [-0.4, -0.2) is 59.3 Å². The first-order valence-electron chi connectivity index (χ1n) is 8.22. The average molecular weight is 445 g/mol. The maximum absolute atomic E-state index is 12.9. The molecule has 0 saturated carbocycles. The zero-order chi connectivity index (χ0) is 21.7. The maximum atomic E-state index is 12.9. The number of hydrogen-bond acceptors (Lipinski definition) is 6. The number of pyridine rings is 1. The van der Waals surface area contributed by atoms with E-state index in [1.54, 1.807) is 0 Å². The Balaban J connectivity index is 1.87. The molecule has 13 heteroatoms. The van der Waals surface area contributed by atoms with Crippen LogP contribution >= 0.6 is 0 Å². The number of sulfonamides is 2. The molecular formula is C16H20FN5O5S2. The summed E-state index contributed by atoms with van der Waals surface area (Å²) in [5.74, 6) is -0.431. The molecule has 0 unspecified atom stereocenters. The van der Waals surface area contributed by atoms with Crippen LogP contribution in [0.4, 0.5) is 15.0 Å². The molecule has 0 fully saturated rings. The third kappa shape index (κ3) is 5.93. The van der Waals surface area contributed by atoms with Crippen LogP contribution in [0, 0.1) is 5.82 Å². The van der Waals surface area contributed by atoms with Crippen LogP contribution in [0.25, 0.3) is 0 Å². The van der Waals surface area contributed by atoms with Gasteiger partial charge < -0.3 is 5.32 Å². The van der Waals surface area contributed by atoms with Crippen LogP contribution in [0.1, 0.15) is 0 Å². The summed E-state index contributed by atoms with van der Waals surface area (Å²) in [6.07, 6.45) is 1.09. The predicted octanol–water partition coefficient (Wildman–Crippen LogP) is 0.571. The van der Waals surface area contributed by atoms with E-state index in [1.165, 1.54) is 26.2 Å². The minimum atomic E-state index is -3.81. The van der Waals surface area contributed by atoms with Crippen LogP contribution < -0.4 is 15.4 Å². The monoisotopic (exact) mass is 445 g/mol. The van der Waals surface area contributed by atoms with Gasteiger partial charge in [0.1, 0.15) is 16.5 Å². The molecule has 1 heterocycles. The normalized spacial score (nSPS) is 12.0. The highest BCUT2D eigenvalue weighted by atomic mass is 32.2. The number of anilines is 1. The molecule has 0 atom stereocenters. The van der Waals surface area contributed by atoms with Gasteiger partial charge in [0.25, 0.3) is 0 Å². The van der Waals surface area contributed by atoms with Crippen LogP contribution in [0.5, 0.6) is 0 Å². The molecule has 0 aliphatic heterocycles. The molecule has 1 aromatic carbocycles. The highest BCUT2D eigenvalue weighted by molar-refractivity contribution is 7.89. The number of urea groups is 1. The van der Waals surface area contributed by atoms with Crippen molar-refractivity contribution in [3.8, 4) is 0 Å². The Morgan fingerprint density at radius 1 is 1.07 bits per heavy atom. The van der Waals surface area contributed by atoms with Crippen molar-refractivity contribution < 1.29 is 26.0 Å². The molecule has 0 spiro atoms. The van der Waals surface area contributed by atoms with Gasteiger partial charge in [0, 0.05) is 26.3 Å². The molecule has 0 aliphatic rings. The van der Waals surface area contributed by atoms with Crippen molar-refractivity contribution in [1.82, 2.24) is 19.3 Å². The summed E-state index contributed by atoms with van der Waals surface area (Å²) in [5.41, 5.74) is 0. The van der Waals surface area contributed by atoms with Gasteiger partial charge in [0.15, 0.2) is 0 Å². The second kappa shape index (κ2) is 9.26. The van der Waals surface area contributed by atoms with Crippen LogP contribution in [-0.2, 0) is 20.0 Å². The Morgan fingerprint density at radius 3 is 2.24 bits per heavy atom. The zero-order valence-electron chi connectivity index (χ0n) is 15.6. The van der Waals surface area contributed by atoms with Crippen molar-refractivity contribution in [2.24, 2.45) is 0 Å². The number of nitrogens with zero attached hydrogens (tertiary/aromatic N) is 2. The standard InChI is InChI=1S/C16H20FN5O5S2/c1-18-28(24,25)14-7-8-15(20-11-14)21-16(23)19-9-10-22(2)29(26,27)13-5-3-12(17)4-6-13/h3-8,11,18H,9-10H2,1-2H3,(H2,19,20,21,23). The van der Waals surface area contributed by atoms with E-state index in [0.717, 1.165) is 34.8 Å². The lowest BCUT2D eigenvalue weighted by molar-refractivity contribution is 0.251.